The number of aliphatic hydroxyl groups is 1. The molecule has 0 radical (unpaired) electrons. The van der Waals surface area contributed by atoms with Crippen LogP contribution in [0.5, 0.6) is 0 Å². The van der Waals surface area contributed by atoms with Gasteiger partial charge in [-0.05, 0) is 24.3 Å². The molecule has 0 aliphatic carbocycles. The predicted octanol–water partition coefficient (Wildman–Crippen LogP) is 2.95. The highest BCUT2D eigenvalue weighted by Crippen LogP contribution is 2.34. The first-order chi connectivity index (χ1) is 11.8. The topological polar surface area (TPSA) is 61.8 Å². The maximum atomic E-state index is 12.6. The number of hydrogen-bond donors (Lipinski definition) is 2. The standard InChI is InChI=1S/C20H32N2O3/c1-15-5-7-16(8-6-15)14-22(10-11-23)19(24)21-13-17-9-12-25-18(17)20(2,3)4/h5-8,17-18,23H,9-14H2,1-4H3,(H,21,24)/t17-,18+/m1/s1. The van der Waals surface area contributed by atoms with Crippen LogP contribution in [0.15, 0.2) is 24.3 Å². The Hall–Kier alpha value is -1.59. The molecule has 25 heavy (non-hydrogen) atoms. The van der Waals surface area contributed by atoms with Crippen LogP contribution >= 0.6 is 0 Å². The normalized spacial score (nSPS) is 20.5. The van der Waals surface area contributed by atoms with Crippen LogP contribution in [-0.2, 0) is 11.3 Å². The van der Waals surface area contributed by atoms with Crippen LogP contribution in [0.2, 0.25) is 0 Å². The van der Waals surface area contributed by atoms with Crippen molar-refractivity contribution in [3.05, 3.63) is 35.4 Å². The molecule has 2 N–H and O–H groups in total. The van der Waals surface area contributed by atoms with E-state index in [0.29, 0.717) is 25.6 Å². The van der Waals surface area contributed by atoms with E-state index < -0.39 is 0 Å². The lowest BCUT2D eigenvalue weighted by Crippen LogP contribution is -2.45. The molecule has 0 aromatic heterocycles. The van der Waals surface area contributed by atoms with E-state index in [2.05, 4.69) is 26.1 Å². The maximum absolute atomic E-state index is 12.6. The number of rotatable bonds is 6. The van der Waals surface area contributed by atoms with Crippen molar-refractivity contribution in [3.63, 3.8) is 0 Å². The molecule has 1 aliphatic rings. The first kappa shape index (κ1) is 19.7. The SMILES string of the molecule is Cc1ccc(CN(CCO)C(=O)NC[C@H]2CCO[C@@H]2C(C)(C)C)cc1. The van der Waals surface area contributed by atoms with Crippen molar-refractivity contribution < 1.29 is 14.6 Å². The van der Waals surface area contributed by atoms with Gasteiger partial charge in [0.15, 0.2) is 0 Å². The zero-order chi connectivity index (χ0) is 18.4. The van der Waals surface area contributed by atoms with Gasteiger partial charge in [-0.3, -0.25) is 0 Å². The van der Waals surface area contributed by atoms with E-state index in [9.17, 15) is 9.90 Å². The molecule has 0 unspecified atom stereocenters. The van der Waals surface area contributed by atoms with Crippen LogP contribution in [0.4, 0.5) is 4.79 Å². The summed E-state index contributed by atoms with van der Waals surface area (Å²) in [4.78, 5) is 14.2. The van der Waals surface area contributed by atoms with Crippen molar-refractivity contribution in [2.75, 3.05) is 26.3 Å². The fraction of sp³-hybridized carbons (Fsp3) is 0.650. The summed E-state index contributed by atoms with van der Waals surface area (Å²) in [6, 6.07) is 7.98. The van der Waals surface area contributed by atoms with Gasteiger partial charge < -0.3 is 20.1 Å². The van der Waals surface area contributed by atoms with Gasteiger partial charge in [0.05, 0.1) is 12.7 Å². The molecule has 0 bridgehead atoms. The van der Waals surface area contributed by atoms with E-state index >= 15 is 0 Å². The highest BCUT2D eigenvalue weighted by atomic mass is 16.5. The number of aliphatic hydroxyl groups excluding tert-OH is 1. The fourth-order valence-electron chi connectivity index (χ4n) is 3.42. The maximum Gasteiger partial charge on any atom is 0.317 e. The lowest BCUT2D eigenvalue weighted by Gasteiger charge is -2.31. The quantitative estimate of drug-likeness (QED) is 0.831. The number of ether oxygens (including phenoxy) is 1. The van der Waals surface area contributed by atoms with Gasteiger partial charge >= 0.3 is 6.03 Å². The third-order valence-corrected chi connectivity index (χ3v) is 4.73. The summed E-state index contributed by atoms with van der Waals surface area (Å²) < 4.78 is 5.87. The molecule has 1 aromatic carbocycles. The Morgan fingerprint density at radius 2 is 2.00 bits per heavy atom. The Bertz CT molecular complexity index is 551. The Morgan fingerprint density at radius 1 is 1.32 bits per heavy atom. The molecule has 1 saturated heterocycles. The molecule has 5 nitrogen and oxygen atoms in total. The fourth-order valence-corrected chi connectivity index (χ4v) is 3.42. The highest BCUT2D eigenvalue weighted by Gasteiger charge is 2.37. The first-order valence-corrected chi connectivity index (χ1v) is 9.12. The van der Waals surface area contributed by atoms with E-state index in [1.807, 2.05) is 31.2 Å². The number of hydrogen-bond acceptors (Lipinski definition) is 3. The van der Waals surface area contributed by atoms with Crippen molar-refractivity contribution >= 4 is 6.03 Å². The summed E-state index contributed by atoms with van der Waals surface area (Å²) in [6.07, 6.45) is 1.14. The number of nitrogens with one attached hydrogen (secondary N) is 1. The van der Waals surface area contributed by atoms with Crippen molar-refractivity contribution in [2.45, 2.75) is 46.8 Å². The molecular formula is C20H32N2O3. The summed E-state index contributed by atoms with van der Waals surface area (Å²) in [5.74, 6) is 0.333. The van der Waals surface area contributed by atoms with Gasteiger partial charge in [0, 0.05) is 32.2 Å². The van der Waals surface area contributed by atoms with Crippen LogP contribution in [0.25, 0.3) is 0 Å². The van der Waals surface area contributed by atoms with E-state index in [0.717, 1.165) is 18.6 Å². The smallest absolute Gasteiger partial charge is 0.317 e. The molecule has 2 rings (SSSR count). The molecule has 140 valence electrons. The summed E-state index contributed by atoms with van der Waals surface area (Å²) in [7, 11) is 0. The zero-order valence-electron chi connectivity index (χ0n) is 15.9. The summed E-state index contributed by atoms with van der Waals surface area (Å²) in [5, 5.41) is 12.3. The minimum Gasteiger partial charge on any atom is -0.395 e. The minimum atomic E-state index is -0.130. The second-order valence-electron chi connectivity index (χ2n) is 8.02. The summed E-state index contributed by atoms with van der Waals surface area (Å²) in [5.41, 5.74) is 2.32. The Balaban J connectivity index is 1.92. The number of urea groups is 1. The number of amides is 2. The molecule has 2 amide bonds. The number of carbonyl (C=O) groups is 1. The van der Waals surface area contributed by atoms with Gasteiger partial charge in [-0.25, -0.2) is 4.79 Å². The summed E-state index contributed by atoms with van der Waals surface area (Å²) in [6.45, 7) is 10.7. The third-order valence-electron chi connectivity index (χ3n) is 4.73. The van der Waals surface area contributed by atoms with Crippen LogP contribution in [0.1, 0.15) is 38.3 Å². The second-order valence-corrected chi connectivity index (χ2v) is 8.02. The minimum absolute atomic E-state index is 0.0452. The van der Waals surface area contributed by atoms with Crippen molar-refractivity contribution in [1.29, 1.82) is 0 Å². The van der Waals surface area contributed by atoms with E-state index in [1.54, 1.807) is 4.90 Å². The van der Waals surface area contributed by atoms with Crippen LogP contribution in [-0.4, -0.2) is 48.4 Å². The molecule has 0 saturated carbocycles. The van der Waals surface area contributed by atoms with Gasteiger partial charge in [-0.2, -0.15) is 0 Å². The predicted molar refractivity (Wildman–Crippen MR) is 99.4 cm³/mol. The van der Waals surface area contributed by atoms with Gasteiger partial charge in [-0.1, -0.05) is 50.6 Å². The number of carbonyl (C=O) groups excluding carboxylic acids is 1. The van der Waals surface area contributed by atoms with Gasteiger partial charge in [-0.15, -0.1) is 0 Å². The monoisotopic (exact) mass is 348 g/mol. The average Bonchev–Trinajstić information content (AvgIpc) is 3.03. The lowest BCUT2D eigenvalue weighted by molar-refractivity contribution is 0.00751. The van der Waals surface area contributed by atoms with E-state index in [1.165, 1.54) is 5.56 Å². The molecule has 2 atom stereocenters. The molecule has 5 heteroatoms. The van der Waals surface area contributed by atoms with Crippen LogP contribution in [0, 0.1) is 18.3 Å². The molecular weight excluding hydrogens is 316 g/mol. The molecule has 0 spiro atoms. The van der Waals surface area contributed by atoms with E-state index in [4.69, 9.17) is 4.74 Å². The molecule has 1 fully saturated rings. The molecule has 1 aromatic rings. The van der Waals surface area contributed by atoms with Gasteiger partial charge in [0.2, 0.25) is 0 Å². The third kappa shape index (κ3) is 5.72. The van der Waals surface area contributed by atoms with Crippen molar-refractivity contribution in [1.82, 2.24) is 10.2 Å². The van der Waals surface area contributed by atoms with E-state index in [-0.39, 0.29) is 24.2 Å². The van der Waals surface area contributed by atoms with Crippen LogP contribution in [0.3, 0.4) is 0 Å². The number of nitrogens with zero attached hydrogens (tertiary/aromatic N) is 1. The Labute approximate surface area is 151 Å². The second kappa shape index (κ2) is 8.68. The van der Waals surface area contributed by atoms with Crippen LogP contribution < -0.4 is 5.32 Å². The Morgan fingerprint density at radius 3 is 2.60 bits per heavy atom. The largest absolute Gasteiger partial charge is 0.395 e. The number of benzene rings is 1. The number of aryl methyl sites for hydroxylation is 1. The average molecular weight is 348 g/mol. The van der Waals surface area contributed by atoms with Crippen molar-refractivity contribution in [3.8, 4) is 0 Å². The van der Waals surface area contributed by atoms with Gasteiger partial charge in [0.1, 0.15) is 0 Å². The summed E-state index contributed by atoms with van der Waals surface area (Å²) >= 11 is 0. The molecule has 1 aliphatic heterocycles. The first-order valence-electron chi connectivity index (χ1n) is 9.12. The molecule has 1 heterocycles. The van der Waals surface area contributed by atoms with Crippen molar-refractivity contribution in [2.24, 2.45) is 11.3 Å². The van der Waals surface area contributed by atoms with Gasteiger partial charge in [0.25, 0.3) is 0 Å². The lowest BCUT2D eigenvalue weighted by atomic mass is 9.81. The zero-order valence-corrected chi connectivity index (χ0v) is 15.9. The highest BCUT2D eigenvalue weighted by molar-refractivity contribution is 5.74. The Kier molecular flexibility index (Phi) is 6.85.